The molecule has 0 saturated carbocycles. The van der Waals surface area contributed by atoms with Crippen LogP contribution in [0.1, 0.15) is 16.8 Å². The summed E-state index contributed by atoms with van der Waals surface area (Å²) in [5.41, 5.74) is 5.79. The van der Waals surface area contributed by atoms with Gasteiger partial charge in [0.15, 0.2) is 5.78 Å². The molecule has 116 valence electrons. The molecular weight excluding hydrogens is 278 g/mol. The Morgan fingerprint density at radius 1 is 1.05 bits per heavy atom. The molecule has 0 aliphatic carbocycles. The lowest BCUT2D eigenvalue weighted by Gasteiger charge is -2.40. The third-order valence-electron chi connectivity index (χ3n) is 3.62. The van der Waals surface area contributed by atoms with Crippen molar-refractivity contribution in [2.45, 2.75) is 36.9 Å². The largest absolute Gasteiger partial charge is 0.508 e. The second-order valence-corrected chi connectivity index (χ2v) is 5.09. The molecule has 21 heavy (non-hydrogen) atoms. The van der Waals surface area contributed by atoms with Gasteiger partial charge in [-0.2, -0.15) is 0 Å². The second kappa shape index (κ2) is 6.50. The van der Waals surface area contributed by atoms with Gasteiger partial charge in [-0.15, -0.1) is 0 Å². The van der Waals surface area contributed by atoms with Crippen LogP contribution in [0, 0.1) is 0 Å². The van der Waals surface area contributed by atoms with E-state index < -0.39 is 30.5 Å². The Labute approximate surface area is 121 Å². The number of aliphatic hydroxyl groups excluding tert-OH is 3. The van der Waals surface area contributed by atoms with Gasteiger partial charge in [-0.1, -0.05) is 0 Å². The molecule has 3 unspecified atom stereocenters. The van der Waals surface area contributed by atoms with E-state index in [-0.39, 0.29) is 24.5 Å². The van der Waals surface area contributed by atoms with Gasteiger partial charge in [0.05, 0.1) is 12.2 Å². The molecule has 1 aromatic carbocycles. The number of rotatable bonds is 4. The molecule has 0 radical (unpaired) electrons. The first-order valence-electron chi connectivity index (χ1n) is 6.66. The number of ether oxygens (including phenoxy) is 1. The lowest BCUT2D eigenvalue weighted by molar-refractivity contribution is -0.217. The smallest absolute Gasteiger partial charge is 0.165 e. The van der Waals surface area contributed by atoms with Crippen molar-refractivity contribution in [1.29, 1.82) is 0 Å². The van der Waals surface area contributed by atoms with Crippen LogP contribution in [-0.2, 0) is 4.74 Å². The van der Waals surface area contributed by atoms with Gasteiger partial charge < -0.3 is 30.9 Å². The van der Waals surface area contributed by atoms with Gasteiger partial charge in [0.1, 0.15) is 24.1 Å². The van der Waals surface area contributed by atoms with Crippen LogP contribution < -0.4 is 5.73 Å². The Kier molecular flexibility index (Phi) is 4.92. The molecule has 1 aromatic rings. The molecule has 0 amide bonds. The molecule has 0 aromatic heterocycles. The molecule has 1 saturated heterocycles. The van der Waals surface area contributed by atoms with E-state index in [1.807, 2.05) is 0 Å². The fraction of sp³-hybridized carbons (Fsp3) is 0.500. The Balaban J connectivity index is 2.07. The van der Waals surface area contributed by atoms with Crippen LogP contribution in [0.15, 0.2) is 24.3 Å². The summed E-state index contributed by atoms with van der Waals surface area (Å²) < 4.78 is 5.39. The maximum Gasteiger partial charge on any atom is 0.165 e. The van der Waals surface area contributed by atoms with Gasteiger partial charge in [0.25, 0.3) is 0 Å². The Bertz CT molecular complexity index is 489. The lowest BCUT2D eigenvalue weighted by atomic mass is 9.91. The van der Waals surface area contributed by atoms with Crippen LogP contribution >= 0.6 is 0 Å². The van der Waals surface area contributed by atoms with Crippen molar-refractivity contribution in [2.75, 3.05) is 6.54 Å². The Morgan fingerprint density at radius 3 is 2.19 bits per heavy atom. The molecule has 2 rings (SSSR count). The fourth-order valence-corrected chi connectivity index (χ4v) is 2.34. The highest BCUT2D eigenvalue weighted by Crippen LogP contribution is 2.24. The van der Waals surface area contributed by atoms with E-state index in [9.17, 15) is 25.2 Å². The van der Waals surface area contributed by atoms with Gasteiger partial charge in [-0.3, -0.25) is 4.79 Å². The third kappa shape index (κ3) is 3.39. The maximum absolute atomic E-state index is 12.1. The maximum atomic E-state index is 12.1. The lowest BCUT2D eigenvalue weighted by Crippen LogP contribution is -2.59. The Morgan fingerprint density at radius 2 is 1.62 bits per heavy atom. The number of aromatic hydroxyl groups is 1. The van der Waals surface area contributed by atoms with Crippen molar-refractivity contribution in [1.82, 2.24) is 0 Å². The first-order valence-corrected chi connectivity index (χ1v) is 6.66. The summed E-state index contributed by atoms with van der Waals surface area (Å²) in [5.74, 6) is -0.263. The minimum Gasteiger partial charge on any atom is -0.508 e. The standard InChI is InChI=1S/C14H19NO6/c15-6-11-13(19)14(20)12(18)10(21-11)5-9(17)7-1-3-8(16)4-2-7/h1-4,10-14,16,18-20H,5-6,15H2/t10?,11?,12-,13+,14?/m0/s1. The Hall–Kier alpha value is -1.51. The minimum absolute atomic E-state index is 0.0329. The second-order valence-electron chi connectivity index (χ2n) is 5.09. The number of carbonyl (C=O) groups is 1. The summed E-state index contributed by atoms with van der Waals surface area (Å²) >= 11 is 0. The van der Waals surface area contributed by atoms with Crippen LogP contribution in [0.2, 0.25) is 0 Å². The predicted octanol–water partition coefficient (Wildman–Crippen LogP) is -1.23. The van der Waals surface area contributed by atoms with Crippen LogP contribution in [0.4, 0.5) is 0 Å². The first-order chi connectivity index (χ1) is 9.93. The highest BCUT2D eigenvalue weighted by molar-refractivity contribution is 5.96. The number of carbonyl (C=O) groups excluding carboxylic acids is 1. The van der Waals surface area contributed by atoms with Crippen molar-refractivity contribution < 1.29 is 30.0 Å². The molecular formula is C14H19NO6. The van der Waals surface area contributed by atoms with E-state index in [4.69, 9.17) is 10.5 Å². The summed E-state index contributed by atoms with van der Waals surface area (Å²) in [6.45, 7) is -0.0329. The summed E-state index contributed by atoms with van der Waals surface area (Å²) in [7, 11) is 0. The predicted molar refractivity (Wildman–Crippen MR) is 72.8 cm³/mol. The minimum atomic E-state index is -1.41. The van der Waals surface area contributed by atoms with Crippen LogP contribution in [-0.4, -0.2) is 63.3 Å². The quantitative estimate of drug-likeness (QED) is 0.440. The summed E-state index contributed by atoms with van der Waals surface area (Å²) in [4.78, 5) is 12.1. The van der Waals surface area contributed by atoms with Crippen molar-refractivity contribution in [3.63, 3.8) is 0 Å². The molecule has 7 nitrogen and oxygen atoms in total. The number of nitrogens with two attached hydrogens (primary N) is 1. The molecule has 6 N–H and O–H groups in total. The zero-order valence-electron chi connectivity index (χ0n) is 11.3. The molecule has 0 bridgehead atoms. The topological polar surface area (TPSA) is 133 Å². The number of phenols is 1. The number of Topliss-reactive ketones (excluding diaryl/α,β-unsaturated/α-hetero) is 1. The fourth-order valence-electron chi connectivity index (χ4n) is 2.34. The van der Waals surface area contributed by atoms with Gasteiger partial charge in [-0.25, -0.2) is 0 Å². The van der Waals surface area contributed by atoms with Crippen LogP contribution in [0.25, 0.3) is 0 Å². The van der Waals surface area contributed by atoms with E-state index in [2.05, 4.69) is 0 Å². The molecule has 1 aliphatic rings. The summed E-state index contributed by atoms with van der Waals surface area (Å²) in [6, 6.07) is 5.68. The average Bonchev–Trinajstić information content (AvgIpc) is 2.48. The monoisotopic (exact) mass is 297 g/mol. The van der Waals surface area contributed by atoms with Crippen LogP contribution in [0.3, 0.4) is 0 Å². The number of hydrogen-bond acceptors (Lipinski definition) is 7. The molecule has 0 spiro atoms. The SMILES string of the molecule is NCC1OC(CC(=O)c2ccc(O)cc2)[C@H](O)C(O)[C@@H]1O. The van der Waals surface area contributed by atoms with Crippen molar-refractivity contribution in [3.8, 4) is 5.75 Å². The number of benzene rings is 1. The van der Waals surface area contributed by atoms with Gasteiger partial charge in [-0.05, 0) is 24.3 Å². The van der Waals surface area contributed by atoms with Gasteiger partial charge >= 0.3 is 0 Å². The highest BCUT2D eigenvalue weighted by Gasteiger charge is 2.43. The zero-order valence-corrected chi connectivity index (χ0v) is 11.3. The van der Waals surface area contributed by atoms with Gasteiger partial charge in [0.2, 0.25) is 0 Å². The van der Waals surface area contributed by atoms with E-state index in [1.54, 1.807) is 0 Å². The molecule has 1 aliphatic heterocycles. The number of ketones is 1. The normalized spacial score (nSPS) is 32.9. The number of phenolic OH excluding ortho intramolecular Hbond substituents is 1. The first kappa shape index (κ1) is 15.9. The molecule has 1 fully saturated rings. The van der Waals surface area contributed by atoms with Crippen molar-refractivity contribution >= 4 is 5.78 Å². The van der Waals surface area contributed by atoms with E-state index in [0.717, 1.165) is 0 Å². The van der Waals surface area contributed by atoms with Crippen LogP contribution in [0.5, 0.6) is 5.75 Å². The number of aliphatic hydroxyl groups is 3. The third-order valence-corrected chi connectivity index (χ3v) is 3.62. The van der Waals surface area contributed by atoms with E-state index in [1.165, 1.54) is 24.3 Å². The van der Waals surface area contributed by atoms with E-state index in [0.29, 0.717) is 5.56 Å². The number of hydrogen-bond donors (Lipinski definition) is 5. The average molecular weight is 297 g/mol. The molecule has 1 heterocycles. The van der Waals surface area contributed by atoms with E-state index >= 15 is 0 Å². The molecule has 5 atom stereocenters. The molecule has 7 heteroatoms. The van der Waals surface area contributed by atoms with Crippen molar-refractivity contribution in [3.05, 3.63) is 29.8 Å². The van der Waals surface area contributed by atoms with Gasteiger partial charge in [0, 0.05) is 18.5 Å². The zero-order chi connectivity index (χ0) is 15.6. The highest BCUT2D eigenvalue weighted by atomic mass is 16.5. The summed E-state index contributed by atoms with van der Waals surface area (Å²) in [6.07, 6.45) is -6.01. The summed E-state index contributed by atoms with van der Waals surface area (Å²) in [5, 5.41) is 38.5. The van der Waals surface area contributed by atoms with Crippen molar-refractivity contribution in [2.24, 2.45) is 5.73 Å².